The lowest BCUT2D eigenvalue weighted by atomic mass is 9.92. The van der Waals surface area contributed by atoms with Crippen molar-refractivity contribution in [2.45, 2.75) is 25.3 Å². The zero-order valence-electron chi connectivity index (χ0n) is 9.90. The number of fused-ring (bicyclic) bond motifs is 1. The van der Waals surface area contributed by atoms with Gasteiger partial charge in [0, 0.05) is 13.2 Å². The normalized spacial score (nSPS) is 19.6. The number of aromatic nitrogens is 1. The summed E-state index contributed by atoms with van der Waals surface area (Å²) in [7, 11) is 0. The number of para-hydroxylation sites is 1. The Balaban J connectivity index is 2.08. The Labute approximate surface area is 105 Å². The SMILES string of the molecule is Cc1cccc2sc(C3(N)CCOCC3)nc12. The Hall–Kier alpha value is -0.970. The van der Waals surface area contributed by atoms with Gasteiger partial charge in [-0.25, -0.2) is 4.98 Å². The summed E-state index contributed by atoms with van der Waals surface area (Å²) < 4.78 is 6.61. The summed E-state index contributed by atoms with van der Waals surface area (Å²) in [5, 5.41) is 1.06. The molecule has 0 atom stereocenters. The van der Waals surface area contributed by atoms with Crippen LogP contribution in [0.15, 0.2) is 18.2 Å². The summed E-state index contributed by atoms with van der Waals surface area (Å²) >= 11 is 1.73. The Morgan fingerprint density at radius 1 is 1.35 bits per heavy atom. The minimum absolute atomic E-state index is 0.283. The molecule has 0 amide bonds. The van der Waals surface area contributed by atoms with Gasteiger partial charge >= 0.3 is 0 Å². The first kappa shape index (κ1) is 11.1. The van der Waals surface area contributed by atoms with E-state index >= 15 is 0 Å². The zero-order chi connectivity index (χ0) is 11.9. The number of hydrogen-bond donors (Lipinski definition) is 1. The first-order valence-electron chi connectivity index (χ1n) is 5.92. The molecule has 2 N–H and O–H groups in total. The molecule has 1 aliphatic heterocycles. The molecule has 0 unspecified atom stereocenters. The van der Waals surface area contributed by atoms with Crippen molar-refractivity contribution in [3.8, 4) is 0 Å². The summed E-state index contributed by atoms with van der Waals surface area (Å²) in [5.74, 6) is 0. The highest BCUT2D eigenvalue weighted by atomic mass is 32.1. The summed E-state index contributed by atoms with van der Waals surface area (Å²) in [6.07, 6.45) is 1.73. The van der Waals surface area contributed by atoms with E-state index in [-0.39, 0.29) is 5.54 Å². The van der Waals surface area contributed by atoms with Crippen LogP contribution in [0.1, 0.15) is 23.4 Å². The molecule has 2 heterocycles. The van der Waals surface area contributed by atoms with Gasteiger partial charge in [-0.2, -0.15) is 0 Å². The molecule has 0 radical (unpaired) electrons. The van der Waals surface area contributed by atoms with Crippen LogP contribution in [-0.2, 0) is 10.3 Å². The average molecular weight is 248 g/mol. The lowest BCUT2D eigenvalue weighted by Gasteiger charge is -2.31. The molecule has 1 saturated heterocycles. The number of hydrogen-bond acceptors (Lipinski definition) is 4. The molecule has 90 valence electrons. The third kappa shape index (κ3) is 1.86. The smallest absolute Gasteiger partial charge is 0.114 e. The fraction of sp³-hybridized carbons (Fsp3) is 0.462. The van der Waals surface area contributed by atoms with Crippen molar-refractivity contribution < 1.29 is 4.74 Å². The molecule has 4 heteroatoms. The van der Waals surface area contributed by atoms with Crippen LogP contribution in [0.5, 0.6) is 0 Å². The van der Waals surface area contributed by atoms with Crippen LogP contribution >= 0.6 is 11.3 Å². The van der Waals surface area contributed by atoms with E-state index < -0.39 is 0 Å². The average Bonchev–Trinajstić information content (AvgIpc) is 2.76. The maximum Gasteiger partial charge on any atom is 0.114 e. The summed E-state index contributed by atoms with van der Waals surface area (Å²) in [6.45, 7) is 3.58. The highest BCUT2D eigenvalue weighted by Gasteiger charge is 2.33. The molecule has 0 saturated carbocycles. The van der Waals surface area contributed by atoms with Crippen molar-refractivity contribution in [3.63, 3.8) is 0 Å². The second-order valence-electron chi connectivity index (χ2n) is 4.71. The van der Waals surface area contributed by atoms with Gasteiger partial charge in [0.05, 0.1) is 15.8 Å². The number of rotatable bonds is 1. The van der Waals surface area contributed by atoms with Crippen LogP contribution in [0.25, 0.3) is 10.2 Å². The maximum atomic E-state index is 6.46. The number of aryl methyl sites for hydroxylation is 1. The summed E-state index contributed by atoms with van der Waals surface area (Å²) in [6, 6.07) is 6.29. The predicted octanol–water partition coefficient (Wildman–Crippen LogP) is 2.57. The van der Waals surface area contributed by atoms with Crippen LogP contribution in [0.3, 0.4) is 0 Å². The topological polar surface area (TPSA) is 48.1 Å². The Morgan fingerprint density at radius 2 is 2.12 bits per heavy atom. The Morgan fingerprint density at radius 3 is 2.82 bits per heavy atom. The van der Waals surface area contributed by atoms with Crippen molar-refractivity contribution in [2.24, 2.45) is 5.73 Å². The number of nitrogens with two attached hydrogens (primary N) is 1. The van der Waals surface area contributed by atoms with Gasteiger partial charge in [-0.3, -0.25) is 0 Å². The van der Waals surface area contributed by atoms with E-state index in [0.29, 0.717) is 0 Å². The fourth-order valence-corrected chi connectivity index (χ4v) is 3.45. The van der Waals surface area contributed by atoms with Crippen LogP contribution in [-0.4, -0.2) is 18.2 Å². The molecule has 3 nitrogen and oxygen atoms in total. The van der Waals surface area contributed by atoms with Gasteiger partial charge in [0.15, 0.2) is 0 Å². The largest absolute Gasteiger partial charge is 0.381 e. The van der Waals surface area contributed by atoms with Gasteiger partial charge in [0.1, 0.15) is 5.01 Å². The third-order valence-electron chi connectivity index (χ3n) is 3.43. The molecule has 1 aliphatic rings. The number of benzene rings is 1. The molecule has 17 heavy (non-hydrogen) atoms. The van der Waals surface area contributed by atoms with Gasteiger partial charge in [0.2, 0.25) is 0 Å². The van der Waals surface area contributed by atoms with E-state index in [0.717, 1.165) is 36.6 Å². The zero-order valence-corrected chi connectivity index (χ0v) is 10.7. The van der Waals surface area contributed by atoms with Crippen LogP contribution < -0.4 is 5.73 Å². The number of thiazole rings is 1. The predicted molar refractivity (Wildman–Crippen MR) is 70.3 cm³/mol. The highest BCUT2D eigenvalue weighted by molar-refractivity contribution is 7.18. The monoisotopic (exact) mass is 248 g/mol. The molecule has 1 fully saturated rings. The van der Waals surface area contributed by atoms with Crippen molar-refractivity contribution in [3.05, 3.63) is 28.8 Å². The van der Waals surface area contributed by atoms with Crippen molar-refractivity contribution in [1.82, 2.24) is 4.98 Å². The first-order chi connectivity index (χ1) is 8.19. The van der Waals surface area contributed by atoms with Gasteiger partial charge in [-0.05, 0) is 31.4 Å². The summed E-state index contributed by atoms with van der Waals surface area (Å²) in [5.41, 5.74) is 8.50. The van der Waals surface area contributed by atoms with Gasteiger partial charge < -0.3 is 10.5 Å². The van der Waals surface area contributed by atoms with Gasteiger partial charge in [0.25, 0.3) is 0 Å². The number of ether oxygens (including phenoxy) is 1. The van der Waals surface area contributed by atoms with Crippen molar-refractivity contribution >= 4 is 21.6 Å². The molecular formula is C13H16N2OS. The minimum atomic E-state index is -0.283. The Bertz CT molecular complexity index is 543. The molecule has 1 aromatic heterocycles. The molecular weight excluding hydrogens is 232 g/mol. The molecule has 0 spiro atoms. The molecule has 3 rings (SSSR count). The van der Waals surface area contributed by atoms with E-state index in [4.69, 9.17) is 15.5 Å². The standard InChI is InChI=1S/C13H16N2OS/c1-9-3-2-4-10-11(9)15-12(17-10)13(14)5-7-16-8-6-13/h2-4H,5-8,14H2,1H3. The maximum absolute atomic E-state index is 6.46. The van der Waals surface area contributed by atoms with E-state index in [1.165, 1.54) is 10.3 Å². The highest BCUT2D eigenvalue weighted by Crippen LogP contribution is 2.35. The van der Waals surface area contributed by atoms with E-state index in [1.807, 2.05) is 0 Å². The first-order valence-corrected chi connectivity index (χ1v) is 6.74. The van der Waals surface area contributed by atoms with E-state index in [9.17, 15) is 0 Å². The minimum Gasteiger partial charge on any atom is -0.381 e. The van der Waals surface area contributed by atoms with E-state index in [1.54, 1.807) is 11.3 Å². The summed E-state index contributed by atoms with van der Waals surface area (Å²) in [4.78, 5) is 4.75. The van der Waals surface area contributed by atoms with Crippen molar-refractivity contribution in [1.29, 1.82) is 0 Å². The van der Waals surface area contributed by atoms with E-state index in [2.05, 4.69) is 25.1 Å². The molecule has 0 bridgehead atoms. The van der Waals surface area contributed by atoms with Crippen LogP contribution in [0.2, 0.25) is 0 Å². The van der Waals surface area contributed by atoms with Crippen LogP contribution in [0, 0.1) is 6.92 Å². The second-order valence-corrected chi connectivity index (χ2v) is 5.74. The molecule has 1 aromatic carbocycles. The lowest BCUT2D eigenvalue weighted by Crippen LogP contribution is -2.42. The van der Waals surface area contributed by atoms with Gasteiger partial charge in [-0.15, -0.1) is 11.3 Å². The van der Waals surface area contributed by atoms with Crippen LogP contribution in [0.4, 0.5) is 0 Å². The molecule has 2 aromatic rings. The molecule has 0 aliphatic carbocycles. The quantitative estimate of drug-likeness (QED) is 0.843. The second kappa shape index (κ2) is 4.05. The van der Waals surface area contributed by atoms with Crippen molar-refractivity contribution in [2.75, 3.05) is 13.2 Å². The lowest BCUT2D eigenvalue weighted by molar-refractivity contribution is 0.0522. The van der Waals surface area contributed by atoms with Gasteiger partial charge in [-0.1, -0.05) is 12.1 Å². The fourth-order valence-electron chi connectivity index (χ4n) is 2.25. The number of nitrogens with zero attached hydrogens (tertiary/aromatic N) is 1. The Kier molecular flexibility index (Phi) is 2.65. The third-order valence-corrected chi connectivity index (χ3v) is 4.67.